The minimum atomic E-state index is 0. The Hall–Kier alpha value is -1.92. The summed E-state index contributed by atoms with van der Waals surface area (Å²) in [6, 6.07) is 6.20. The number of benzene rings is 1. The maximum atomic E-state index is 5.34. The van der Waals surface area contributed by atoms with Gasteiger partial charge in [-0.05, 0) is 20.0 Å². The maximum Gasteiger partial charge on any atom is 0.260 e. The number of para-hydroxylation sites is 1. The molecule has 0 saturated carbocycles. The fourth-order valence-electron chi connectivity index (χ4n) is 1.97. The minimum absolute atomic E-state index is 0. The molecule has 6 nitrogen and oxygen atoms in total. The monoisotopic (exact) mass is 293 g/mol. The van der Waals surface area contributed by atoms with Crippen molar-refractivity contribution in [2.24, 2.45) is 0 Å². The molecule has 0 saturated heterocycles. The van der Waals surface area contributed by atoms with E-state index in [1.807, 2.05) is 25.2 Å². The lowest BCUT2D eigenvalue weighted by molar-refractivity contribution is 0.418. The number of hydrogen-bond donors (Lipinski definition) is 2. The lowest BCUT2D eigenvalue weighted by Gasteiger charge is -2.04. The standard InChI is InChI=1S/C13H15N5O.ClH/c1-8(14-2)6-11-16-13(19-18-11)10-5-3-4-9-7-15-17-12(9)10;/h3-5,7-8,14H,6H2,1-2H3,(H,15,17);1H. The highest BCUT2D eigenvalue weighted by atomic mass is 35.5. The van der Waals surface area contributed by atoms with E-state index in [1.165, 1.54) is 0 Å². The molecule has 2 N–H and O–H groups in total. The van der Waals surface area contributed by atoms with Crippen LogP contribution in [-0.2, 0) is 6.42 Å². The third kappa shape index (κ3) is 2.66. The predicted octanol–water partition coefficient (Wildman–Crippen LogP) is 2.19. The first-order chi connectivity index (χ1) is 9.28. The van der Waals surface area contributed by atoms with Gasteiger partial charge in [-0.3, -0.25) is 5.10 Å². The first kappa shape index (κ1) is 14.5. The molecule has 0 bridgehead atoms. The van der Waals surface area contributed by atoms with Crippen LogP contribution < -0.4 is 5.32 Å². The van der Waals surface area contributed by atoms with Crippen LogP contribution in [-0.4, -0.2) is 33.4 Å². The van der Waals surface area contributed by atoms with Crippen LogP contribution in [0.3, 0.4) is 0 Å². The Morgan fingerprint density at radius 1 is 1.40 bits per heavy atom. The van der Waals surface area contributed by atoms with Crippen LogP contribution in [0.4, 0.5) is 0 Å². The highest BCUT2D eigenvalue weighted by Crippen LogP contribution is 2.25. The molecular formula is C13H16ClN5O. The highest BCUT2D eigenvalue weighted by molar-refractivity contribution is 5.90. The number of aromatic nitrogens is 4. The molecule has 2 aromatic heterocycles. The summed E-state index contributed by atoms with van der Waals surface area (Å²) in [6.45, 7) is 2.08. The second kappa shape index (κ2) is 6.02. The molecule has 20 heavy (non-hydrogen) atoms. The van der Waals surface area contributed by atoms with Gasteiger partial charge in [0, 0.05) is 17.8 Å². The molecule has 3 aromatic rings. The van der Waals surface area contributed by atoms with Gasteiger partial charge in [-0.2, -0.15) is 10.1 Å². The van der Waals surface area contributed by atoms with Crippen molar-refractivity contribution in [1.82, 2.24) is 25.7 Å². The third-order valence-corrected chi connectivity index (χ3v) is 3.16. The second-order valence-corrected chi connectivity index (χ2v) is 4.55. The van der Waals surface area contributed by atoms with E-state index in [1.54, 1.807) is 6.20 Å². The molecule has 0 spiro atoms. The maximum absolute atomic E-state index is 5.34. The molecule has 1 unspecified atom stereocenters. The summed E-state index contributed by atoms with van der Waals surface area (Å²) in [7, 11) is 1.91. The number of nitrogens with one attached hydrogen (secondary N) is 2. The number of halogens is 1. The van der Waals surface area contributed by atoms with Gasteiger partial charge in [0.25, 0.3) is 5.89 Å². The van der Waals surface area contributed by atoms with Crippen molar-refractivity contribution in [2.75, 3.05) is 7.05 Å². The summed E-state index contributed by atoms with van der Waals surface area (Å²) in [5, 5.41) is 15.2. The molecule has 0 radical (unpaired) electrons. The predicted molar refractivity (Wildman–Crippen MR) is 78.9 cm³/mol. The first-order valence-corrected chi connectivity index (χ1v) is 6.20. The smallest absolute Gasteiger partial charge is 0.260 e. The average Bonchev–Trinajstić information content (AvgIpc) is 3.06. The quantitative estimate of drug-likeness (QED) is 0.771. The summed E-state index contributed by atoms with van der Waals surface area (Å²) in [5.74, 6) is 1.22. The molecule has 7 heteroatoms. The van der Waals surface area contributed by atoms with Crippen molar-refractivity contribution in [3.63, 3.8) is 0 Å². The first-order valence-electron chi connectivity index (χ1n) is 6.20. The Morgan fingerprint density at radius 3 is 3.05 bits per heavy atom. The van der Waals surface area contributed by atoms with Crippen LogP contribution in [0.5, 0.6) is 0 Å². The molecule has 0 amide bonds. The van der Waals surface area contributed by atoms with Gasteiger partial charge in [0.05, 0.1) is 17.3 Å². The Balaban J connectivity index is 0.00000147. The zero-order valence-electron chi connectivity index (χ0n) is 11.3. The van der Waals surface area contributed by atoms with E-state index in [9.17, 15) is 0 Å². The SMILES string of the molecule is CNC(C)Cc1noc(-c2cccc3cn[nH]c23)n1.Cl. The molecule has 106 valence electrons. The van der Waals surface area contributed by atoms with Gasteiger partial charge in [0.1, 0.15) is 0 Å². The Bertz CT molecular complexity index is 693. The molecule has 3 rings (SSSR count). The van der Waals surface area contributed by atoms with Gasteiger partial charge in [-0.25, -0.2) is 0 Å². The molecule has 2 heterocycles. The summed E-state index contributed by atoms with van der Waals surface area (Å²) >= 11 is 0. The topological polar surface area (TPSA) is 79.6 Å². The number of nitrogens with zero attached hydrogens (tertiary/aromatic N) is 3. The van der Waals surface area contributed by atoms with Gasteiger partial charge in [0.2, 0.25) is 0 Å². The van der Waals surface area contributed by atoms with E-state index in [2.05, 4.69) is 32.6 Å². The Kier molecular flexibility index (Phi) is 4.36. The van der Waals surface area contributed by atoms with Crippen LogP contribution in [0.2, 0.25) is 0 Å². The molecule has 1 atom stereocenters. The normalized spacial score (nSPS) is 12.3. The second-order valence-electron chi connectivity index (χ2n) is 4.55. The lowest BCUT2D eigenvalue weighted by Crippen LogP contribution is -2.24. The van der Waals surface area contributed by atoms with Crippen molar-refractivity contribution in [2.45, 2.75) is 19.4 Å². The average molecular weight is 294 g/mol. The van der Waals surface area contributed by atoms with Crippen LogP contribution >= 0.6 is 12.4 Å². The summed E-state index contributed by atoms with van der Waals surface area (Å²) in [5.41, 5.74) is 1.80. The molecule has 0 aliphatic carbocycles. The van der Waals surface area contributed by atoms with Gasteiger partial charge < -0.3 is 9.84 Å². The van der Waals surface area contributed by atoms with E-state index in [0.717, 1.165) is 22.9 Å². The van der Waals surface area contributed by atoms with Crippen molar-refractivity contribution < 1.29 is 4.52 Å². The van der Waals surface area contributed by atoms with E-state index in [-0.39, 0.29) is 12.4 Å². The molecule has 0 aliphatic heterocycles. The van der Waals surface area contributed by atoms with Crippen molar-refractivity contribution in [1.29, 1.82) is 0 Å². The van der Waals surface area contributed by atoms with Crippen LogP contribution in [0.25, 0.3) is 22.4 Å². The number of hydrogen-bond acceptors (Lipinski definition) is 5. The van der Waals surface area contributed by atoms with Crippen molar-refractivity contribution in [3.05, 3.63) is 30.2 Å². The number of aromatic amines is 1. The van der Waals surface area contributed by atoms with E-state index >= 15 is 0 Å². The highest BCUT2D eigenvalue weighted by Gasteiger charge is 2.14. The van der Waals surface area contributed by atoms with Crippen molar-refractivity contribution in [3.8, 4) is 11.5 Å². The fourth-order valence-corrected chi connectivity index (χ4v) is 1.97. The van der Waals surface area contributed by atoms with Crippen LogP contribution in [0.1, 0.15) is 12.7 Å². The minimum Gasteiger partial charge on any atom is -0.334 e. The van der Waals surface area contributed by atoms with E-state index < -0.39 is 0 Å². The van der Waals surface area contributed by atoms with Crippen molar-refractivity contribution >= 4 is 23.3 Å². The van der Waals surface area contributed by atoms with Crippen LogP contribution in [0.15, 0.2) is 28.9 Å². The summed E-state index contributed by atoms with van der Waals surface area (Å²) < 4.78 is 5.34. The fraction of sp³-hybridized carbons (Fsp3) is 0.308. The van der Waals surface area contributed by atoms with Gasteiger partial charge in [-0.15, -0.1) is 12.4 Å². The van der Waals surface area contributed by atoms with Gasteiger partial charge in [-0.1, -0.05) is 17.3 Å². The number of rotatable bonds is 4. The summed E-state index contributed by atoms with van der Waals surface area (Å²) in [6.07, 6.45) is 2.51. The molecule has 0 aliphatic rings. The third-order valence-electron chi connectivity index (χ3n) is 3.16. The van der Waals surface area contributed by atoms with Gasteiger partial charge in [0.15, 0.2) is 5.82 Å². The largest absolute Gasteiger partial charge is 0.334 e. The number of likely N-dealkylation sites (N-methyl/N-ethyl adjacent to an activating group) is 1. The molecule has 1 aromatic carbocycles. The van der Waals surface area contributed by atoms with E-state index in [4.69, 9.17) is 4.52 Å². The molecular weight excluding hydrogens is 278 g/mol. The lowest BCUT2D eigenvalue weighted by atomic mass is 10.1. The van der Waals surface area contributed by atoms with Crippen LogP contribution in [0, 0.1) is 0 Å². The zero-order valence-corrected chi connectivity index (χ0v) is 12.1. The number of fused-ring (bicyclic) bond motifs is 1. The Morgan fingerprint density at radius 2 is 2.25 bits per heavy atom. The van der Waals surface area contributed by atoms with E-state index in [0.29, 0.717) is 17.8 Å². The molecule has 0 fully saturated rings. The van der Waals surface area contributed by atoms with Gasteiger partial charge >= 0.3 is 0 Å². The summed E-state index contributed by atoms with van der Waals surface area (Å²) in [4.78, 5) is 4.43. The number of H-pyrrole nitrogens is 1. The zero-order chi connectivity index (χ0) is 13.2. The Labute approximate surface area is 122 Å².